The topological polar surface area (TPSA) is 61.6 Å². The van der Waals surface area contributed by atoms with Gasteiger partial charge in [-0.3, -0.25) is 4.79 Å². The van der Waals surface area contributed by atoms with Crippen LogP contribution >= 0.6 is 0 Å². The Morgan fingerprint density at radius 2 is 1.93 bits per heavy atom. The Morgan fingerprint density at radius 1 is 1.21 bits per heavy atom. The van der Waals surface area contributed by atoms with Crippen molar-refractivity contribution in [2.75, 3.05) is 37.0 Å². The first-order chi connectivity index (χ1) is 13.5. The minimum Gasteiger partial charge on any atom is -0.403 e. The Balaban J connectivity index is 1.88. The molecule has 1 saturated carbocycles. The number of likely N-dealkylation sites (N-methyl/N-ethyl adjacent to an activating group) is 2. The second-order valence-electron chi connectivity index (χ2n) is 7.16. The van der Waals surface area contributed by atoms with Crippen molar-refractivity contribution in [1.82, 2.24) is 5.32 Å². The van der Waals surface area contributed by atoms with Crippen molar-refractivity contribution < 1.29 is 9.18 Å². The van der Waals surface area contributed by atoms with Gasteiger partial charge in [-0.25, -0.2) is 4.39 Å². The lowest BCUT2D eigenvalue weighted by atomic mass is 10.1. The van der Waals surface area contributed by atoms with Crippen molar-refractivity contribution in [2.24, 2.45) is 11.7 Å². The average Bonchev–Trinajstić information content (AvgIpc) is 3.54. The highest BCUT2D eigenvalue weighted by Crippen LogP contribution is 2.33. The number of anilines is 2. The summed E-state index contributed by atoms with van der Waals surface area (Å²) >= 11 is 0. The number of carbonyl (C=O) groups excluding carboxylic acids is 1. The maximum atomic E-state index is 14.2. The molecule has 6 heteroatoms. The van der Waals surface area contributed by atoms with Crippen LogP contribution in [0, 0.1) is 11.7 Å². The molecule has 0 atom stereocenters. The molecule has 0 bridgehead atoms. The van der Waals surface area contributed by atoms with Gasteiger partial charge in [-0.2, -0.15) is 0 Å². The molecule has 1 fully saturated rings. The summed E-state index contributed by atoms with van der Waals surface area (Å²) in [5.74, 6) is -0.316. The van der Waals surface area contributed by atoms with Crippen LogP contribution in [0.2, 0.25) is 0 Å². The van der Waals surface area contributed by atoms with Crippen LogP contribution in [0.15, 0.2) is 60.4 Å². The fourth-order valence-corrected chi connectivity index (χ4v) is 3.10. The van der Waals surface area contributed by atoms with Gasteiger partial charge in [0.1, 0.15) is 5.82 Å². The summed E-state index contributed by atoms with van der Waals surface area (Å²) in [5, 5.41) is 3.06. The van der Waals surface area contributed by atoms with Crippen LogP contribution in [0.5, 0.6) is 0 Å². The van der Waals surface area contributed by atoms with E-state index in [4.69, 9.17) is 5.73 Å². The maximum Gasteiger partial charge on any atom is 0.261 e. The molecule has 148 valence electrons. The lowest BCUT2D eigenvalue weighted by molar-refractivity contribution is 0.0982. The molecule has 1 amide bonds. The summed E-state index contributed by atoms with van der Waals surface area (Å²) in [5.41, 5.74) is 8.35. The standard InChI is InChI=1S/C22H27FN4O/c1-25-17(13-24)15-26(2)18-6-5-7-19(12-18)27(14-16-10-11-16)22(28)20-8-3-4-9-21(20)23/h3-9,12-13,16,25H,10-11,14-15,24H2,1-2H3/b17-13-. The third kappa shape index (κ3) is 4.63. The predicted molar refractivity (Wildman–Crippen MR) is 112 cm³/mol. The van der Waals surface area contributed by atoms with Crippen molar-refractivity contribution in [3.63, 3.8) is 0 Å². The molecule has 1 aliphatic carbocycles. The van der Waals surface area contributed by atoms with Crippen molar-refractivity contribution in [3.8, 4) is 0 Å². The van der Waals surface area contributed by atoms with E-state index in [1.165, 1.54) is 6.07 Å². The number of hydrogen-bond donors (Lipinski definition) is 2. The molecular weight excluding hydrogens is 355 g/mol. The Bertz CT molecular complexity index is 863. The van der Waals surface area contributed by atoms with Crippen LogP contribution in [0.4, 0.5) is 15.8 Å². The molecule has 0 heterocycles. The molecule has 5 nitrogen and oxygen atoms in total. The van der Waals surface area contributed by atoms with Gasteiger partial charge in [-0.1, -0.05) is 18.2 Å². The molecule has 0 unspecified atom stereocenters. The molecule has 0 aromatic heterocycles. The monoisotopic (exact) mass is 382 g/mol. The molecule has 1 aliphatic rings. The minimum absolute atomic E-state index is 0.102. The molecule has 0 spiro atoms. The van der Waals surface area contributed by atoms with E-state index in [0.717, 1.165) is 29.9 Å². The SMILES string of the molecule is CN/C(=C\N)CN(C)c1cccc(N(CC2CC2)C(=O)c2ccccc2F)c1. The van der Waals surface area contributed by atoms with Gasteiger partial charge in [0.05, 0.1) is 12.1 Å². The summed E-state index contributed by atoms with van der Waals surface area (Å²) in [6, 6.07) is 13.9. The highest BCUT2D eigenvalue weighted by molar-refractivity contribution is 6.06. The number of carbonyl (C=O) groups is 1. The predicted octanol–water partition coefficient (Wildman–Crippen LogP) is 3.34. The number of benzene rings is 2. The van der Waals surface area contributed by atoms with Gasteiger partial charge in [0.2, 0.25) is 0 Å². The average molecular weight is 382 g/mol. The van der Waals surface area contributed by atoms with Crippen LogP contribution in [0.3, 0.4) is 0 Å². The van der Waals surface area contributed by atoms with E-state index in [9.17, 15) is 9.18 Å². The summed E-state index contributed by atoms with van der Waals surface area (Å²) < 4.78 is 14.2. The number of nitrogens with two attached hydrogens (primary N) is 1. The Morgan fingerprint density at radius 3 is 2.57 bits per heavy atom. The van der Waals surface area contributed by atoms with Gasteiger partial charge in [0.25, 0.3) is 5.91 Å². The van der Waals surface area contributed by atoms with Crippen LogP contribution in [-0.4, -0.2) is 33.1 Å². The van der Waals surface area contributed by atoms with Crippen LogP contribution in [-0.2, 0) is 0 Å². The maximum absolute atomic E-state index is 14.2. The van der Waals surface area contributed by atoms with Crippen LogP contribution in [0.25, 0.3) is 0 Å². The third-order valence-corrected chi connectivity index (χ3v) is 5.00. The Kier molecular flexibility index (Phi) is 6.19. The Labute approximate surface area is 165 Å². The van der Waals surface area contributed by atoms with E-state index < -0.39 is 5.82 Å². The number of amides is 1. The zero-order valence-corrected chi connectivity index (χ0v) is 16.4. The van der Waals surface area contributed by atoms with E-state index >= 15 is 0 Å². The van der Waals surface area contributed by atoms with Gasteiger partial charge in [-0.15, -0.1) is 0 Å². The highest BCUT2D eigenvalue weighted by atomic mass is 19.1. The third-order valence-electron chi connectivity index (χ3n) is 5.00. The quantitative estimate of drug-likeness (QED) is 0.735. The minimum atomic E-state index is -0.492. The van der Waals surface area contributed by atoms with Gasteiger partial charge >= 0.3 is 0 Å². The van der Waals surface area contributed by atoms with E-state index in [1.54, 1.807) is 29.3 Å². The molecule has 0 saturated heterocycles. The summed E-state index contributed by atoms with van der Waals surface area (Å²) in [6.07, 6.45) is 3.75. The molecule has 28 heavy (non-hydrogen) atoms. The number of rotatable bonds is 8. The first kappa shape index (κ1) is 19.7. The molecular formula is C22H27FN4O. The first-order valence-corrected chi connectivity index (χ1v) is 9.49. The smallest absolute Gasteiger partial charge is 0.261 e. The van der Waals surface area contributed by atoms with Crippen molar-refractivity contribution >= 4 is 17.3 Å². The lowest BCUT2D eigenvalue weighted by Gasteiger charge is -2.26. The number of nitrogens with zero attached hydrogens (tertiary/aromatic N) is 2. The number of halogens is 1. The fourth-order valence-electron chi connectivity index (χ4n) is 3.10. The zero-order valence-electron chi connectivity index (χ0n) is 16.4. The molecule has 2 aromatic rings. The fraction of sp³-hybridized carbons (Fsp3) is 0.318. The van der Waals surface area contributed by atoms with Gasteiger partial charge in [-0.05, 0) is 49.1 Å². The van der Waals surface area contributed by atoms with Crippen LogP contribution in [0.1, 0.15) is 23.2 Å². The van der Waals surface area contributed by atoms with E-state index in [2.05, 4.69) is 5.32 Å². The largest absolute Gasteiger partial charge is 0.403 e. The first-order valence-electron chi connectivity index (χ1n) is 9.49. The number of hydrogen-bond acceptors (Lipinski definition) is 4. The zero-order chi connectivity index (χ0) is 20.1. The molecule has 3 rings (SSSR count). The molecule has 0 aliphatic heterocycles. The Hall–Kier alpha value is -3.02. The van der Waals surface area contributed by atoms with Gasteiger partial charge < -0.3 is 20.9 Å². The van der Waals surface area contributed by atoms with Crippen LogP contribution < -0.4 is 20.9 Å². The second kappa shape index (κ2) is 8.78. The summed E-state index contributed by atoms with van der Waals surface area (Å²) in [6.45, 7) is 1.21. The summed E-state index contributed by atoms with van der Waals surface area (Å²) in [4.78, 5) is 16.9. The highest BCUT2D eigenvalue weighted by Gasteiger charge is 2.29. The van der Waals surface area contributed by atoms with Crippen molar-refractivity contribution in [1.29, 1.82) is 0 Å². The van der Waals surface area contributed by atoms with Crippen molar-refractivity contribution in [2.45, 2.75) is 12.8 Å². The lowest BCUT2D eigenvalue weighted by Crippen LogP contribution is -2.34. The second-order valence-corrected chi connectivity index (χ2v) is 7.16. The normalized spacial score (nSPS) is 13.9. The molecule has 2 aromatic carbocycles. The van der Waals surface area contributed by atoms with Gasteiger partial charge in [0, 0.05) is 43.9 Å². The molecule has 3 N–H and O–H groups in total. The van der Waals surface area contributed by atoms with E-state index in [1.807, 2.05) is 43.3 Å². The van der Waals surface area contributed by atoms with Crippen molar-refractivity contribution in [3.05, 3.63) is 71.8 Å². The number of nitrogens with one attached hydrogen (secondary N) is 1. The van der Waals surface area contributed by atoms with Gasteiger partial charge in [0.15, 0.2) is 0 Å². The van der Waals surface area contributed by atoms with E-state index in [-0.39, 0.29) is 11.5 Å². The summed E-state index contributed by atoms with van der Waals surface area (Å²) in [7, 11) is 3.79. The van der Waals surface area contributed by atoms with E-state index in [0.29, 0.717) is 19.0 Å². The molecule has 0 radical (unpaired) electrons.